The summed E-state index contributed by atoms with van der Waals surface area (Å²) >= 11 is 0. The van der Waals surface area contributed by atoms with Gasteiger partial charge in [-0.1, -0.05) is 6.08 Å². The molecule has 1 heteroatoms. The van der Waals surface area contributed by atoms with Crippen molar-refractivity contribution < 1.29 is 0 Å². The molecule has 31 valence electrons. The van der Waals surface area contributed by atoms with Crippen LogP contribution in [0.5, 0.6) is 0 Å². The summed E-state index contributed by atoms with van der Waals surface area (Å²) in [6.07, 6.45) is 7.15. The van der Waals surface area contributed by atoms with Gasteiger partial charge in [0, 0.05) is 11.4 Å². The number of hydrogen-bond donors (Lipinski definition) is 0. The largest absolute Gasteiger partial charge is 0.228 e. The number of aliphatic imine (C=N–C) groups is 1. The van der Waals surface area contributed by atoms with Crippen molar-refractivity contribution in [3.05, 3.63) is 12.2 Å². The van der Waals surface area contributed by atoms with E-state index in [0.29, 0.717) is 0 Å². The summed E-state index contributed by atoms with van der Waals surface area (Å²) in [7, 11) is 0. The lowest BCUT2D eigenvalue weighted by molar-refractivity contribution is 1.08. The molecule has 1 nitrogen and oxygen atoms in total. The SMILES string of the molecule is C1=CC[N+]=CC1. The molecule has 0 amide bonds. The van der Waals surface area contributed by atoms with Crippen molar-refractivity contribution in [2.24, 2.45) is 0 Å². The van der Waals surface area contributed by atoms with E-state index in [1.807, 2.05) is 6.21 Å². The maximum atomic E-state index is 3.97. The third kappa shape index (κ3) is 0.677. The molecule has 0 aromatic carbocycles. The molecule has 0 atom stereocenters. The first-order chi connectivity index (χ1) is 3.00. The van der Waals surface area contributed by atoms with Crippen molar-refractivity contribution in [1.29, 1.82) is 0 Å². The molecule has 6 heavy (non-hydrogen) atoms. The summed E-state index contributed by atoms with van der Waals surface area (Å²) in [6.45, 7) is 0.889. The highest BCUT2D eigenvalue weighted by Crippen LogP contribution is 1.79. The van der Waals surface area contributed by atoms with Crippen LogP contribution in [-0.2, 0) is 0 Å². The molecule has 0 aromatic rings. The highest BCUT2D eigenvalue weighted by atomic mass is 14.7. The van der Waals surface area contributed by atoms with E-state index in [0.717, 1.165) is 13.0 Å². The Morgan fingerprint density at radius 2 is 2.33 bits per heavy atom. The average Bonchev–Trinajstić information content (AvgIpc) is 1.72. The van der Waals surface area contributed by atoms with Crippen LogP contribution >= 0.6 is 0 Å². The Labute approximate surface area is 37.4 Å². The molecule has 0 aromatic heterocycles. The molecule has 1 aliphatic rings. The zero-order valence-corrected chi connectivity index (χ0v) is 3.59. The molecule has 0 aliphatic carbocycles. The lowest BCUT2D eigenvalue weighted by Crippen LogP contribution is -1.95. The van der Waals surface area contributed by atoms with Gasteiger partial charge in [0.2, 0.25) is 12.8 Å². The van der Waals surface area contributed by atoms with E-state index < -0.39 is 0 Å². The minimum atomic E-state index is 0.889. The zero-order valence-electron chi connectivity index (χ0n) is 3.59. The maximum absolute atomic E-state index is 3.97. The van der Waals surface area contributed by atoms with Crippen LogP contribution in [0, 0.1) is 0 Å². The maximum Gasteiger partial charge on any atom is 0.228 e. The Hall–Kier alpha value is -0.590. The van der Waals surface area contributed by atoms with E-state index in [-0.39, 0.29) is 0 Å². The third-order valence-electron chi connectivity index (χ3n) is 0.748. The molecule has 0 bridgehead atoms. The lowest BCUT2D eigenvalue weighted by atomic mass is 10.3. The quantitative estimate of drug-likeness (QED) is 0.374. The predicted molar refractivity (Wildman–Crippen MR) is 26.8 cm³/mol. The summed E-state index contributed by atoms with van der Waals surface area (Å²) in [5.74, 6) is 0. The molecule has 0 N–H and O–H groups in total. The summed E-state index contributed by atoms with van der Waals surface area (Å²) in [5.41, 5.74) is 0. The van der Waals surface area contributed by atoms with Gasteiger partial charge in [-0.2, -0.15) is 0 Å². The highest BCUT2D eigenvalue weighted by Gasteiger charge is 1.90. The third-order valence-corrected chi connectivity index (χ3v) is 0.748. The summed E-state index contributed by atoms with van der Waals surface area (Å²) in [5, 5.41) is 0. The first kappa shape index (κ1) is 3.59. The van der Waals surface area contributed by atoms with E-state index in [9.17, 15) is 0 Å². The Kier molecular flexibility index (Phi) is 1.05. The zero-order chi connectivity index (χ0) is 4.24. The van der Waals surface area contributed by atoms with E-state index in [2.05, 4.69) is 17.1 Å². The van der Waals surface area contributed by atoms with E-state index in [1.54, 1.807) is 0 Å². The van der Waals surface area contributed by atoms with Crippen LogP contribution in [0.4, 0.5) is 0 Å². The van der Waals surface area contributed by atoms with Gasteiger partial charge in [-0.15, -0.1) is 0 Å². The second kappa shape index (κ2) is 1.75. The molecule has 0 fully saturated rings. The Morgan fingerprint density at radius 1 is 1.33 bits per heavy atom. The molecule has 1 rings (SSSR count). The fraction of sp³-hybridized carbons (Fsp3) is 0.400. The van der Waals surface area contributed by atoms with Crippen molar-refractivity contribution in [2.75, 3.05) is 6.54 Å². The Morgan fingerprint density at radius 3 is 2.50 bits per heavy atom. The summed E-state index contributed by atoms with van der Waals surface area (Å²) < 4.78 is 0. The number of allylic oxidation sites excluding steroid dienone is 1. The highest BCUT2D eigenvalue weighted by molar-refractivity contribution is 5.59. The van der Waals surface area contributed by atoms with Gasteiger partial charge in [0.15, 0.2) is 0 Å². The Bertz CT molecular complexity index is 61.9. The van der Waals surface area contributed by atoms with Crippen LogP contribution in [-0.4, -0.2) is 12.8 Å². The van der Waals surface area contributed by atoms with Crippen molar-refractivity contribution >= 4 is 6.21 Å². The predicted octanol–water partition coefficient (Wildman–Crippen LogP) is 0.353. The molecule has 1 heterocycles. The molecule has 1 aliphatic heterocycles. The van der Waals surface area contributed by atoms with Gasteiger partial charge < -0.3 is 0 Å². The van der Waals surface area contributed by atoms with Crippen LogP contribution in [0.2, 0.25) is 0 Å². The van der Waals surface area contributed by atoms with Gasteiger partial charge in [0.25, 0.3) is 0 Å². The van der Waals surface area contributed by atoms with Gasteiger partial charge >= 0.3 is 0 Å². The molecule has 0 unspecified atom stereocenters. The van der Waals surface area contributed by atoms with Crippen molar-refractivity contribution in [1.82, 2.24) is 4.99 Å². The first-order valence-electron chi connectivity index (χ1n) is 2.13. The average molecular weight is 81.1 g/mol. The summed E-state index contributed by atoms with van der Waals surface area (Å²) in [4.78, 5) is 3.97. The molecule has 1 radical (unpaired) electrons. The molecule has 0 saturated heterocycles. The monoisotopic (exact) mass is 81.1 g/mol. The fourth-order valence-corrected chi connectivity index (χ4v) is 0.442. The number of nitrogens with zero attached hydrogens (tertiary/aromatic N) is 1. The topological polar surface area (TPSA) is 14.1 Å². The minimum absolute atomic E-state index is 0.889. The van der Waals surface area contributed by atoms with Crippen LogP contribution in [0.1, 0.15) is 6.42 Å². The number of dihydropyridines is 1. The van der Waals surface area contributed by atoms with Gasteiger partial charge in [-0.25, -0.2) is 0 Å². The Balaban J connectivity index is 2.40. The molecule has 0 spiro atoms. The first-order valence-corrected chi connectivity index (χ1v) is 2.13. The number of rotatable bonds is 0. The molecular weight excluding hydrogens is 74.1 g/mol. The van der Waals surface area contributed by atoms with Crippen LogP contribution < -0.4 is 4.99 Å². The van der Waals surface area contributed by atoms with Crippen LogP contribution in [0.3, 0.4) is 0 Å². The molecular formula is C5H7N+. The summed E-state index contributed by atoms with van der Waals surface area (Å²) in [6, 6.07) is 0. The van der Waals surface area contributed by atoms with Gasteiger partial charge in [-0.3, -0.25) is 0 Å². The van der Waals surface area contributed by atoms with Gasteiger partial charge in [0.1, 0.15) is 0 Å². The van der Waals surface area contributed by atoms with Crippen molar-refractivity contribution in [2.45, 2.75) is 6.42 Å². The number of hydrogen-bond acceptors (Lipinski definition) is 1. The normalized spacial score (nSPS) is 18.7. The van der Waals surface area contributed by atoms with Crippen molar-refractivity contribution in [3.63, 3.8) is 0 Å². The van der Waals surface area contributed by atoms with E-state index >= 15 is 0 Å². The van der Waals surface area contributed by atoms with Gasteiger partial charge in [0.05, 0.1) is 0 Å². The molecule has 0 saturated carbocycles. The van der Waals surface area contributed by atoms with E-state index in [4.69, 9.17) is 0 Å². The standard InChI is InChI=1S/C5H7N/c1-2-4-6-5-3-1/h1-2,5H,3-4H2/q+1. The van der Waals surface area contributed by atoms with Gasteiger partial charge in [-0.05, 0) is 6.08 Å². The second-order valence-corrected chi connectivity index (χ2v) is 1.25. The van der Waals surface area contributed by atoms with E-state index in [1.165, 1.54) is 0 Å². The minimum Gasteiger partial charge on any atom is -0.0721 e. The fourth-order valence-electron chi connectivity index (χ4n) is 0.442. The smallest absolute Gasteiger partial charge is 0.0721 e. The lowest BCUT2D eigenvalue weighted by Gasteiger charge is -1.74. The van der Waals surface area contributed by atoms with Crippen LogP contribution in [0.15, 0.2) is 12.2 Å². The second-order valence-electron chi connectivity index (χ2n) is 1.25. The van der Waals surface area contributed by atoms with Crippen molar-refractivity contribution in [3.8, 4) is 0 Å². The van der Waals surface area contributed by atoms with Crippen LogP contribution in [0.25, 0.3) is 0 Å².